The summed E-state index contributed by atoms with van der Waals surface area (Å²) in [4.78, 5) is 21.7. The Hall–Kier alpha value is -2.27. The van der Waals surface area contributed by atoms with Gasteiger partial charge in [0.2, 0.25) is 0 Å². The lowest BCUT2D eigenvalue weighted by molar-refractivity contribution is 0.103. The van der Waals surface area contributed by atoms with Crippen LogP contribution in [0.3, 0.4) is 0 Å². The second-order valence-corrected chi connectivity index (χ2v) is 5.94. The fourth-order valence-corrected chi connectivity index (χ4v) is 3.79. The van der Waals surface area contributed by atoms with E-state index in [2.05, 4.69) is 20.6 Å². The van der Waals surface area contributed by atoms with E-state index in [0.29, 0.717) is 0 Å². The molecular weight excluding hydrogens is 270 g/mol. The second kappa shape index (κ2) is 3.43. The van der Waals surface area contributed by atoms with Crippen LogP contribution in [0.25, 0.3) is 10.2 Å². The van der Waals surface area contributed by atoms with Crippen molar-refractivity contribution in [1.29, 1.82) is 0 Å². The van der Waals surface area contributed by atoms with Crippen molar-refractivity contribution in [3.63, 3.8) is 0 Å². The van der Waals surface area contributed by atoms with E-state index in [1.165, 1.54) is 0 Å². The van der Waals surface area contributed by atoms with E-state index in [-0.39, 0.29) is 5.78 Å². The van der Waals surface area contributed by atoms with E-state index in [1.54, 1.807) is 11.3 Å². The fraction of sp³-hybridized carbons (Fsp3) is 0.133. The lowest BCUT2D eigenvalue weighted by atomic mass is 9.87. The molecule has 4 nitrogen and oxygen atoms in total. The molecule has 5 heteroatoms. The highest BCUT2D eigenvalue weighted by Gasteiger charge is 2.32. The molecule has 0 N–H and O–H groups in total. The molecule has 1 aromatic carbocycles. The van der Waals surface area contributed by atoms with Crippen LogP contribution in [-0.4, -0.2) is 27.6 Å². The molecular formula is C15H9N3OS. The first kappa shape index (κ1) is 10.5. The van der Waals surface area contributed by atoms with Gasteiger partial charge in [0.25, 0.3) is 0 Å². The van der Waals surface area contributed by atoms with Crippen molar-refractivity contribution in [2.24, 2.45) is 4.99 Å². The third-order valence-corrected chi connectivity index (χ3v) is 4.81. The molecule has 2 aliphatic rings. The van der Waals surface area contributed by atoms with Crippen molar-refractivity contribution < 1.29 is 4.79 Å². The van der Waals surface area contributed by atoms with Gasteiger partial charge in [-0.3, -0.25) is 9.79 Å². The summed E-state index contributed by atoms with van der Waals surface area (Å²) in [5.41, 5.74) is 7.11. The molecule has 0 atom stereocenters. The summed E-state index contributed by atoms with van der Waals surface area (Å²) in [6.45, 7) is 1.62. The van der Waals surface area contributed by atoms with Gasteiger partial charge in [-0.2, -0.15) is 0 Å². The number of carbonyl (C=O) groups is 1. The Kier molecular flexibility index (Phi) is 1.80. The maximum Gasteiger partial charge on any atom is 0.196 e. The Morgan fingerprint density at radius 3 is 3.10 bits per heavy atom. The minimum Gasteiger partial charge on any atom is -0.344 e. The van der Waals surface area contributed by atoms with Crippen LogP contribution in [0, 0.1) is 0 Å². The van der Waals surface area contributed by atoms with Crippen LogP contribution in [0.2, 0.25) is 0 Å². The predicted molar refractivity (Wildman–Crippen MR) is 78.0 cm³/mol. The zero-order valence-electron chi connectivity index (χ0n) is 10.5. The number of hydrogen-bond acceptors (Lipinski definition) is 4. The summed E-state index contributed by atoms with van der Waals surface area (Å²) in [7, 11) is 0. The molecule has 5 rings (SSSR count). The highest BCUT2D eigenvalue weighted by Crippen LogP contribution is 2.33. The summed E-state index contributed by atoms with van der Waals surface area (Å²) < 4.78 is 3.24. The lowest BCUT2D eigenvalue weighted by Crippen LogP contribution is -2.27. The number of rotatable bonds is 0. The maximum absolute atomic E-state index is 12.7. The first-order valence-corrected chi connectivity index (χ1v) is 7.37. The number of thiazole rings is 1. The molecule has 1 aliphatic carbocycles. The monoisotopic (exact) mass is 279 g/mol. The summed E-state index contributed by atoms with van der Waals surface area (Å²) in [5.74, 6) is 0.0875. The third kappa shape index (κ3) is 1.14. The van der Waals surface area contributed by atoms with Gasteiger partial charge in [-0.15, -0.1) is 11.3 Å². The van der Waals surface area contributed by atoms with Gasteiger partial charge >= 0.3 is 0 Å². The third-order valence-electron chi connectivity index (χ3n) is 4.01. The average molecular weight is 279 g/mol. The molecule has 0 radical (unpaired) electrons. The van der Waals surface area contributed by atoms with Crippen molar-refractivity contribution in [1.82, 2.24) is 9.55 Å². The van der Waals surface area contributed by atoms with Gasteiger partial charge in [-0.1, -0.05) is 0 Å². The Balaban J connectivity index is 1.93. The maximum atomic E-state index is 12.7. The van der Waals surface area contributed by atoms with E-state index in [1.807, 2.05) is 23.8 Å². The molecule has 0 fully saturated rings. The van der Waals surface area contributed by atoms with Crippen LogP contribution in [0.15, 0.2) is 34.9 Å². The standard InChI is InChI=1S/C15H9N3OS/c19-15-8-1-3-18-4-2-16-13(14(8)18)9-6-12-11(5-10(9)15)17-7-20-12/h1,3,5-7H,2,4H2. The minimum absolute atomic E-state index is 0.0875. The van der Waals surface area contributed by atoms with Gasteiger partial charge < -0.3 is 4.57 Å². The number of aliphatic imine (C=N–C) groups is 1. The molecule has 1 aliphatic heterocycles. The number of nitrogens with zero attached hydrogens (tertiary/aromatic N) is 3. The highest BCUT2D eigenvalue weighted by atomic mass is 32.1. The van der Waals surface area contributed by atoms with Gasteiger partial charge in [0, 0.05) is 29.4 Å². The van der Waals surface area contributed by atoms with Gasteiger partial charge in [0.1, 0.15) is 0 Å². The normalized spacial score (nSPS) is 16.0. The molecule has 0 saturated heterocycles. The summed E-state index contributed by atoms with van der Waals surface area (Å²) in [6.07, 6.45) is 1.99. The van der Waals surface area contributed by atoms with Crippen LogP contribution < -0.4 is 0 Å². The van der Waals surface area contributed by atoms with Gasteiger partial charge in [-0.25, -0.2) is 4.98 Å². The van der Waals surface area contributed by atoms with E-state index < -0.39 is 0 Å². The zero-order chi connectivity index (χ0) is 13.3. The topological polar surface area (TPSA) is 47.2 Å². The minimum atomic E-state index is 0.0875. The highest BCUT2D eigenvalue weighted by molar-refractivity contribution is 7.16. The molecule has 0 spiro atoms. The number of fused-ring (bicyclic) bond motifs is 3. The van der Waals surface area contributed by atoms with Crippen molar-refractivity contribution in [2.75, 3.05) is 6.54 Å². The number of hydrogen-bond donors (Lipinski definition) is 0. The van der Waals surface area contributed by atoms with Crippen molar-refractivity contribution >= 4 is 33.0 Å². The average Bonchev–Trinajstić information content (AvgIpc) is 3.10. The molecule has 0 amide bonds. The number of carbonyl (C=O) groups excluding carboxylic acids is 1. The lowest BCUT2D eigenvalue weighted by Gasteiger charge is -2.23. The summed E-state index contributed by atoms with van der Waals surface area (Å²) >= 11 is 1.60. The van der Waals surface area contributed by atoms with Crippen LogP contribution in [0.4, 0.5) is 0 Å². The van der Waals surface area contributed by atoms with E-state index in [4.69, 9.17) is 0 Å². The zero-order valence-corrected chi connectivity index (χ0v) is 11.3. The van der Waals surface area contributed by atoms with E-state index >= 15 is 0 Å². The van der Waals surface area contributed by atoms with Gasteiger partial charge in [0.05, 0.1) is 33.7 Å². The van der Waals surface area contributed by atoms with Crippen LogP contribution in [0.5, 0.6) is 0 Å². The molecule has 0 unspecified atom stereocenters. The first-order chi connectivity index (χ1) is 9.83. The van der Waals surface area contributed by atoms with Crippen LogP contribution in [0.1, 0.15) is 27.2 Å². The molecule has 0 saturated carbocycles. The SMILES string of the molecule is O=C1c2cc3ncsc3cc2C2=NCCn3ccc1c32. The molecule has 2 aromatic heterocycles. The Bertz CT molecular complexity index is 932. The smallest absolute Gasteiger partial charge is 0.196 e. The van der Waals surface area contributed by atoms with E-state index in [0.717, 1.165) is 51.4 Å². The summed E-state index contributed by atoms with van der Waals surface area (Å²) in [6, 6.07) is 5.87. The van der Waals surface area contributed by atoms with Crippen molar-refractivity contribution in [3.05, 3.63) is 52.3 Å². The van der Waals surface area contributed by atoms with Crippen LogP contribution in [-0.2, 0) is 6.54 Å². The quantitative estimate of drug-likeness (QED) is 0.496. The number of ketones is 1. The van der Waals surface area contributed by atoms with Crippen molar-refractivity contribution in [2.45, 2.75) is 6.54 Å². The van der Waals surface area contributed by atoms with Gasteiger partial charge in [-0.05, 0) is 18.2 Å². The molecule has 96 valence electrons. The number of benzene rings is 1. The van der Waals surface area contributed by atoms with Crippen molar-refractivity contribution in [3.8, 4) is 0 Å². The predicted octanol–water partition coefficient (Wildman–Crippen LogP) is 2.49. The largest absolute Gasteiger partial charge is 0.344 e. The molecule has 3 heterocycles. The number of aromatic nitrogens is 2. The molecule has 20 heavy (non-hydrogen) atoms. The Morgan fingerprint density at radius 1 is 1.20 bits per heavy atom. The van der Waals surface area contributed by atoms with Crippen LogP contribution >= 0.6 is 11.3 Å². The van der Waals surface area contributed by atoms with E-state index in [9.17, 15) is 4.79 Å². The first-order valence-electron chi connectivity index (χ1n) is 6.49. The van der Waals surface area contributed by atoms with Gasteiger partial charge in [0.15, 0.2) is 5.78 Å². The Morgan fingerprint density at radius 2 is 2.15 bits per heavy atom. The molecule has 0 bridgehead atoms. The second-order valence-electron chi connectivity index (χ2n) is 5.05. The fourth-order valence-electron chi connectivity index (χ4n) is 3.10. The summed E-state index contributed by atoms with van der Waals surface area (Å²) in [5, 5.41) is 0. The molecule has 3 aromatic rings. The Labute approximate surface area is 118 Å².